The molecule has 3 aromatic rings. The van der Waals surface area contributed by atoms with Crippen molar-refractivity contribution in [2.24, 2.45) is 4.99 Å². The zero-order chi connectivity index (χ0) is 22.0. The summed E-state index contributed by atoms with van der Waals surface area (Å²) in [7, 11) is 3.81. The maximum Gasteiger partial charge on any atom is 0.378 e. The van der Waals surface area contributed by atoms with E-state index in [2.05, 4.69) is 20.8 Å². The minimum absolute atomic E-state index is 0.438. The molecule has 31 heavy (non-hydrogen) atoms. The Morgan fingerprint density at radius 1 is 1.00 bits per heavy atom. The molecular formula is C25H25BrN4O. The molecule has 0 radical (unpaired) electrons. The minimum Gasteiger partial charge on any atom is -0.620 e. The zero-order valence-corrected chi connectivity index (χ0v) is 19.5. The van der Waals surface area contributed by atoms with Crippen molar-refractivity contribution in [3.8, 4) is 0 Å². The van der Waals surface area contributed by atoms with E-state index < -0.39 is 5.79 Å². The van der Waals surface area contributed by atoms with Gasteiger partial charge in [-0.1, -0.05) is 51.8 Å². The second-order valence-corrected chi connectivity index (χ2v) is 8.79. The summed E-state index contributed by atoms with van der Waals surface area (Å²) in [5.41, 5.74) is 4.48. The lowest BCUT2D eigenvalue weighted by molar-refractivity contribution is -0.547. The van der Waals surface area contributed by atoms with Gasteiger partial charge in [0.25, 0.3) is 0 Å². The molecule has 4 rings (SSSR count). The fraction of sp³-hybridized carbons (Fsp3) is 0.200. The maximum absolute atomic E-state index is 14.1. The summed E-state index contributed by atoms with van der Waals surface area (Å²) in [4.78, 5) is 8.80. The van der Waals surface area contributed by atoms with Gasteiger partial charge in [-0.3, -0.25) is 4.90 Å². The van der Waals surface area contributed by atoms with E-state index in [1.807, 2.05) is 105 Å². The highest BCUT2D eigenvalue weighted by molar-refractivity contribution is 9.10. The van der Waals surface area contributed by atoms with Crippen molar-refractivity contribution in [1.82, 2.24) is 4.90 Å². The van der Waals surface area contributed by atoms with Gasteiger partial charge in [0, 0.05) is 29.8 Å². The van der Waals surface area contributed by atoms with Gasteiger partial charge in [0.2, 0.25) is 5.71 Å². The Kier molecular flexibility index (Phi) is 5.83. The molecule has 0 spiro atoms. The number of hydrogen-bond acceptors (Lipinski definition) is 3. The predicted molar refractivity (Wildman–Crippen MR) is 131 cm³/mol. The monoisotopic (exact) mass is 476 g/mol. The highest BCUT2D eigenvalue weighted by Crippen LogP contribution is 2.40. The average Bonchev–Trinajstić information content (AvgIpc) is 3.07. The standard InChI is InChI=1S/C25H25BrN4O/c1-19-9-11-20(12-10-19)24-17-29(23-15-13-22(26)14-16-23)25(30(24)31,27-18-28(2)3)21-7-5-4-6-8-21/h4-16,18H,17H2,1-3H3/b27-18-. The van der Waals surface area contributed by atoms with Gasteiger partial charge >= 0.3 is 5.79 Å². The molecule has 0 N–H and O–H groups in total. The molecule has 0 saturated heterocycles. The van der Waals surface area contributed by atoms with Crippen LogP contribution >= 0.6 is 15.9 Å². The molecule has 158 valence electrons. The first-order chi connectivity index (χ1) is 14.9. The van der Waals surface area contributed by atoms with Gasteiger partial charge in [-0.15, -0.1) is 0 Å². The summed E-state index contributed by atoms with van der Waals surface area (Å²) in [5.74, 6) is -1.25. The van der Waals surface area contributed by atoms with Gasteiger partial charge in [-0.25, -0.2) is 0 Å². The van der Waals surface area contributed by atoms with Crippen LogP contribution in [-0.4, -0.2) is 42.3 Å². The van der Waals surface area contributed by atoms with Crippen LogP contribution < -0.4 is 4.90 Å². The number of nitrogens with zero attached hydrogens (tertiary/aromatic N) is 4. The molecule has 5 nitrogen and oxygen atoms in total. The summed E-state index contributed by atoms with van der Waals surface area (Å²) in [6, 6.07) is 25.8. The molecule has 6 heteroatoms. The van der Waals surface area contributed by atoms with Gasteiger partial charge in [-0.05, 0) is 55.5 Å². The van der Waals surface area contributed by atoms with E-state index in [0.29, 0.717) is 12.3 Å². The summed E-state index contributed by atoms with van der Waals surface area (Å²) in [5, 5.41) is 14.1. The number of aryl methyl sites for hydroxylation is 1. The van der Waals surface area contributed by atoms with E-state index in [4.69, 9.17) is 4.99 Å². The van der Waals surface area contributed by atoms with Crippen LogP contribution in [0.3, 0.4) is 0 Å². The smallest absolute Gasteiger partial charge is 0.378 e. The zero-order valence-electron chi connectivity index (χ0n) is 17.9. The molecule has 0 saturated carbocycles. The van der Waals surface area contributed by atoms with Crippen LogP contribution in [0, 0.1) is 12.1 Å². The van der Waals surface area contributed by atoms with Gasteiger partial charge in [0.05, 0.1) is 11.9 Å². The van der Waals surface area contributed by atoms with E-state index in [-0.39, 0.29) is 0 Å². The van der Waals surface area contributed by atoms with Crippen LogP contribution in [0.4, 0.5) is 5.69 Å². The summed E-state index contributed by atoms with van der Waals surface area (Å²) >= 11 is 3.51. The summed E-state index contributed by atoms with van der Waals surface area (Å²) < 4.78 is 2.05. The summed E-state index contributed by atoms with van der Waals surface area (Å²) in [6.45, 7) is 2.48. The van der Waals surface area contributed by atoms with Crippen LogP contribution in [0.25, 0.3) is 0 Å². The predicted octanol–water partition coefficient (Wildman–Crippen LogP) is 4.98. The number of aliphatic imine (C=N–C) groups is 1. The van der Waals surface area contributed by atoms with Crippen LogP contribution in [0.15, 0.2) is 88.3 Å². The highest BCUT2D eigenvalue weighted by atomic mass is 79.9. The van der Waals surface area contributed by atoms with Crippen molar-refractivity contribution < 1.29 is 4.74 Å². The van der Waals surface area contributed by atoms with Crippen molar-refractivity contribution in [3.63, 3.8) is 0 Å². The first kappa shape index (κ1) is 21.1. The molecule has 0 aromatic heterocycles. The van der Waals surface area contributed by atoms with Crippen LogP contribution in [0.1, 0.15) is 16.7 Å². The summed E-state index contributed by atoms with van der Waals surface area (Å²) in [6.07, 6.45) is 1.71. The normalized spacial score (nSPS) is 18.8. The number of hydroxylamine groups is 1. The lowest BCUT2D eigenvalue weighted by Gasteiger charge is -2.33. The quantitative estimate of drug-likeness (QED) is 0.226. The minimum atomic E-state index is -1.25. The molecule has 0 aliphatic carbocycles. The first-order valence-electron chi connectivity index (χ1n) is 10.1. The van der Waals surface area contributed by atoms with Gasteiger partial charge < -0.3 is 10.1 Å². The Balaban J connectivity index is 1.97. The molecule has 1 atom stereocenters. The molecule has 1 aliphatic heterocycles. The lowest BCUT2D eigenvalue weighted by atomic mass is 10.1. The molecular weight excluding hydrogens is 452 g/mol. The third-order valence-corrected chi connectivity index (χ3v) is 5.89. The number of halogens is 1. The second kappa shape index (κ2) is 8.55. The Bertz CT molecular complexity index is 1110. The van der Waals surface area contributed by atoms with Crippen molar-refractivity contribution >= 4 is 33.7 Å². The molecule has 3 aromatic carbocycles. The Morgan fingerprint density at radius 3 is 2.26 bits per heavy atom. The number of hydrogen-bond donors (Lipinski definition) is 0. The third-order valence-electron chi connectivity index (χ3n) is 5.37. The molecule has 0 bridgehead atoms. The van der Waals surface area contributed by atoms with Crippen LogP contribution in [0.5, 0.6) is 0 Å². The molecule has 1 aliphatic rings. The van der Waals surface area contributed by atoms with Gasteiger partial charge in [0.15, 0.2) is 0 Å². The fourth-order valence-corrected chi connectivity index (χ4v) is 4.06. The Labute approximate surface area is 191 Å². The van der Waals surface area contributed by atoms with Crippen molar-refractivity contribution in [2.75, 3.05) is 25.5 Å². The van der Waals surface area contributed by atoms with Gasteiger partial charge in [-0.2, -0.15) is 9.73 Å². The Hall–Kier alpha value is -3.12. The maximum atomic E-state index is 14.1. The average molecular weight is 477 g/mol. The third kappa shape index (κ3) is 3.95. The highest BCUT2D eigenvalue weighted by Gasteiger charge is 2.54. The van der Waals surface area contributed by atoms with Crippen molar-refractivity contribution in [1.29, 1.82) is 0 Å². The number of benzene rings is 3. The topological polar surface area (TPSA) is 44.9 Å². The van der Waals surface area contributed by atoms with E-state index in [1.54, 1.807) is 6.34 Å². The largest absolute Gasteiger partial charge is 0.620 e. The SMILES string of the molecule is Cc1ccc(C2=[N+]([O-])C(/N=C\N(C)C)(c3ccccc3)N(c3ccc(Br)cc3)C2)cc1. The van der Waals surface area contributed by atoms with E-state index in [9.17, 15) is 5.21 Å². The van der Waals surface area contributed by atoms with E-state index in [0.717, 1.165) is 31.6 Å². The molecule has 1 heterocycles. The number of anilines is 1. The van der Waals surface area contributed by atoms with Crippen molar-refractivity contribution in [3.05, 3.63) is 105 Å². The molecule has 1 unspecified atom stereocenters. The lowest BCUT2D eigenvalue weighted by Crippen LogP contribution is -2.47. The first-order valence-corrected chi connectivity index (χ1v) is 10.9. The van der Waals surface area contributed by atoms with Crippen molar-refractivity contribution in [2.45, 2.75) is 12.7 Å². The van der Waals surface area contributed by atoms with E-state index in [1.165, 1.54) is 0 Å². The van der Waals surface area contributed by atoms with Crippen LogP contribution in [-0.2, 0) is 5.79 Å². The number of rotatable bonds is 5. The molecule has 0 amide bonds. The second-order valence-electron chi connectivity index (χ2n) is 7.88. The Morgan fingerprint density at radius 2 is 1.65 bits per heavy atom. The molecule has 0 fully saturated rings. The fourth-order valence-electron chi connectivity index (χ4n) is 3.80. The van der Waals surface area contributed by atoms with E-state index >= 15 is 0 Å². The van der Waals surface area contributed by atoms with Gasteiger partial charge in [0.1, 0.15) is 6.54 Å². The van der Waals surface area contributed by atoms with Crippen LogP contribution in [0.2, 0.25) is 0 Å².